The van der Waals surface area contributed by atoms with Gasteiger partial charge in [-0.05, 0) is 13.3 Å². The van der Waals surface area contributed by atoms with E-state index in [9.17, 15) is 9.18 Å². The number of nitrogens with zero attached hydrogens (tertiary/aromatic N) is 1. The van der Waals surface area contributed by atoms with Crippen molar-refractivity contribution in [2.24, 2.45) is 0 Å². The molecule has 0 spiro atoms. The van der Waals surface area contributed by atoms with Crippen LogP contribution in [0.4, 0.5) is 4.39 Å². The fourth-order valence-electron chi connectivity index (χ4n) is 1.46. The molecule has 0 aromatic rings. The smallest absolute Gasteiger partial charge is 0.304 e. The third kappa shape index (κ3) is 2.77. The standard InChI is InChI=1S/C8H14FNO2/c1-8(9)3-5-10(6-8)4-2-7(11)12/h2-6H2,1H3,(H,11,12). The highest BCUT2D eigenvalue weighted by Gasteiger charge is 2.33. The fraction of sp³-hybridized carbons (Fsp3) is 0.875. The van der Waals surface area contributed by atoms with Crippen LogP contribution in [0.2, 0.25) is 0 Å². The number of hydrogen-bond acceptors (Lipinski definition) is 2. The summed E-state index contributed by atoms with van der Waals surface area (Å²) in [6.07, 6.45) is 0.628. The van der Waals surface area contributed by atoms with Gasteiger partial charge in [-0.1, -0.05) is 0 Å². The molecule has 1 unspecified atom stereocenters. The Morgan fingerprint density at radius 1 is 1.75 bits per heavy atom. The third-order valence-electron chi connectivity index (χ3n) is 2.14. The molecule has 0 bridgehead atoms. The number of carbonyl (C=O) groups is 1. The predicted octanol–water partition coefficient (Wildman–Crippen LogP) is 0.895. The summed E-state index contributed by atoms with van der Waals surface area (Å²) < 4.78 is 13.2. The summed E-state index contributed by atoms with van der Waals surface area (Å²) in [6.45, 7) is 3.09. The molecule has 1 N–H and O–H groups in total. The lowest BCUT2D eigenvalue weighted by Gasteiger charge is -2.15. The van der Waals surface area contributed by atoms with Gasteiger partial charge in [-0.2, -0.15) is 0 Å². The van der Waals surface area contributed by atoms with Crippen LogP contribution in [0.15, 0.2) is 0 Å². The van der Waals surface area contributed by atoms with Crippen LogP contribution in [0.1, 0.15) is 19.8 Å². The van der Waals surface area contributed by atoms with E-state index in [-0.39, 0.29) is 6.42 Å². The number of hydrogen-bond donors (Lipinski definition) is 1. The Labute approximate surface area is 71.2 Å². The summed E-state index contributed by atoms with van der Waals surface area (Å²) >= 11 is 0. The molecule has 1 fully saturated rings. The zero-order chi connectivity index (χ0) is 9.19. The SMILES string of the molecule is CC1(F)CCN(CCC(=O)O)C1. The number of halogens is 1. The van der Waals surface area contributed by atoms with E-state index in [4.69, 9.17) is 5.11 Å². The molecule has 3 nitrogen and oxygen atoms in total. The summed E-state index contributed by atoms with van der Waals surface area (Å²) in [5.41, 5.74) is -1.11. The van der Waals surface area contributed by atoms with Gasteiger partial charge in [0.05, 0.1) is 6.42 Å². The van der Waals surface area contributed by atoms with Crippen molar-refractivity contribution in [1.82, 2.24) is 4.90 Å². The lowest BCUT2D eigenvalue weighted by atomic mass is 10.1. The van der Waals surface area contributed by atoms with Crippen molar-refractivity contribution in [3.63, 3.8) is 0 Å². The van der Waals surface area contributed by atoms with E-state index >= 15 is 0 Å². The molecule has 0 aromatic heterocycles. The minimum Gasteiger partial charge on any atom is -0.481 e. The van der Waals surface area contributed by atoms with Crippen molar-refractivity contribution in [1.29, 1.82) is 0 Å². The lowest BCUT2D eigenvalue weighted by Crippen LogP contribution is -2.28. The van der Waals surface area contributed by atoms with Crippen LogP contribution in [0.5, 0.6) is 0 Å². The van der Waals surface area contributed by atoms with Gasteiger partial charge in [-0.3, -0.25) is 9.69 Å². The first-order valence-corrected chi connectivity index (χ1v) is 4.13. The molecule has 1 atom stereocenters. The zero-order valence-corrected chi connectivity index (χ0v) is 7.22. The van der Waals surface area contributed by atoms with Gasteiger partial charge in [0.25, 0.3) is 0 Å². The van der Waals surface area contributed by atoms with E-state index < -0.39 is 11.6 Å². The highest BCUT2D eigenvalue weighted by atomic mass is 19.1. The summed E-state index contributed by atoms with van der Waals surface area (Å²) in [5, 5.41) is 8.38. The minimum atomic E-state index is -1.11. The van der Waals surface area contributed by atoms with Crippen LogP contribution in [-0.4, -0.2) is 41.3 Å². The van der Waals surface area contributed by atoms with Gasteiger partial charge in [0.15, 0.2) is 0 Å². The van der Waals surface area contributed by atoms with Gasteiger partial charge in [-0.25, -0.2) is 4.39 Å². The molecule has 4 heteroatoms. The molecule has 1 aliphatic rings. The zero-order valence-electron chi connectivity index (χ0n) is 7.22. The Bertz CT molecular complexity index is 182. The van der Waals surface area contributed by atoms with Gasteiger partial charge in [0.2, 0.25) is 0 Å². The Hall–Kier alpha value is -0.640. The van der Waals surface area contributed by atoms with E-state index in [0.717, 1.165) is 0 Å². The predicted molar refractivity (Wildman–Crippen MR) is 42.8 cm³/mol. The Balaban J connectivity index is 2.24. The average Bonchev–Trinajstić information content (AvgIpc) is 2.26. The molecular formula is C8H14FNO2. The molecular weight excluding hydrogens is 161 g/mol. The van der Waals surface area contributed by atoms with Crippen molar-refractivity contribution < 1.29 is 14.3 Å². The monoisotopic (exact) mass is 175 g/mol. The maximum atomic E-state index is 13.2. The topological polar surface area (TPSA) is 40.5 Å². The van der Waals surface area contributed by atoms with Crippen molar-refractivity contribution >= 4 is 5.97 Å². The number of likely N-dealkylation sites (tertiary alicyclic amines) is 1. The molecule has 0 aromatic carbocycles. The number of carboxylic acid groups (broad SMARTS) is 1. The van der Waals surface area contributed by atoms with Gasteiger partial charge in [0.1, 0.15) is 5.67 Å². The van der Waals surface area contributed by atoms with Crippen molar-refractivity contribution in [3.8, 4) is 0 Å². The molecule has 12 heavy (non-hydrogen) atoms. The lowest BCUT2D eigenvalue weighted by molar-refractivity contribution is -0.137. The molecule has 1 rings (SSSR count). The van der Waals surface area contributed by atoms with E-state index in [1.807, 2.05) is 4.90 Å². The molecule has 0 radical (unpaired) electrons. The van der Waals surface area contributed by atoms with Gasteiger partial charge < -0.3 is 5.11 Å². The molecule has 1 aliphatic heterocycles. The summed E-state index contributed by atoms with van der Waals surface area (Å²) in [7, 11) is 0. The number of aliphatic carboxylic acids is 1. The maximum absolute atomic E-state index is 13.2. The number of carboxylic acids is 1. The first-order valence-electron chi connectivity index (χ1n) is 4.13. The van der Waals surface area contributed by atoms with E-state index in [0.29, 0.717) is 26.1 Å². The molecule has 0 aliphatic carbocycles. The van der Waals surface area contributed by atoms with Crippen LogP contribution in [0, 0.1) is 0 Å². The van der Waals surface area contributed by atoms with Crippen LogP contribution < -0.4 is 0 Å². The van der Waals surface area contributed by atoms with Crippen LogP contribution in [0.25, 0.3) is 0 Å². The van der Waals surface area contributed by atoms with Gasteiger partial charge in [-0.15, -0.1) is 0 Å². The highest BCUT2D eigenvalue weighted by molar-refractivity contribution is 5.66. The number of rotatable bonds is 3. The van der Waals surface area contributed by atoms with E-state index in [1.165, 1.54) is 0 Å². The van der Waals surface area contributed by atoms with Crippen molar-refractivity contribution in [2.45, 2.75) is 25.4 Å². The molecule has 0 saturated carbocycles. The van der Waals surface area contributed by atoms with Crippen LogP contribution >= 0.6 is 0 Å². The number of alkyl halides is 1. The summed E-state index contributed by atoms with van der Waals surface area (Å²) in [6, 6.07) is 0. The first-order chi connectivity index (χ1) is 5.49. The molecule has 1 heterocycles. The maximum Gasteiger partial charge on any atom is 0.304 e. The van der Waals surface area contributed by atoms with E-state index in [1.54, 1.807) is 6.92 Å². The fourth-order valence-corrected chi connectivity index (χ4v) is 1.46. The first kappa shape index (κ1) is 9.45. The second-order valence-corrected chi connectivity index (χ2v) is 3.58. The summed E-state index contributed by atoms with van der Waals surface area (Å²) in [5.74, 6) is -0.817. The van der Waals surface area contributed by atoms with Gasteiger partial charge in [0, 0.05) is 19.6 Å². The molecule has 0 amide bonds. The Kier molecular flexibility index (Phi) is 2.67. The Morgan fingerprint density at radius 2 is 2.42 bits per heavy atom. The largest absolute Gasteiger partial charge is 0.481 e. The van der Waals surface area contributed by atoms with E-state index in [2.05, 4.69) is 0 Å². The van der Waals surface area contributed by atoms with Crippen LogP contribution in [-0.2, 0) is 4.79 Å². The average molecular weight is 175 g/mol. The molecule has 70 valence electrons. The highest BCUT2D eigenvalue weighted by Crippen LogP contribution is 2.24. The summed E-state index contributed by atoms with van der Waals surface area (Å²) in [4.78, 5) is 12.1. The quantitative estimate of drug-likeness (QED) is 0.692. The molecule has 1 saturated heterocycles. The third-order valence-corrected chi connectivity index (χ3v) is 2.14. The Morgan fingerprint density at radius 3 is 2.83 bits per heavy atom. The van der Waals surface area contributed by atoms with Crippen LogP contribution in [0.3, 0.4) is 0 Å². The second-order valence-electron chi connectivity index (χ2n) is 3.58. The second kappa shape index (κ2) is 3.39. The normalized spacial score (nSPS) is 30.8. The minimum absolute atomic E-state index is 0.107. The van der Waals surface area contributed by atoms with Crippen molar-refractivity contribution in [3.05, 3.63) is 0 Å². The van der Waals surface area contributed by atoms with Crippen molar-refractivity contribution in [2.75, 3.05) is 19.6 Å². The van der Waals surface area contributed by atoms with Gasteiger partial charge >= 0.3 is 5.97 Å².